The zero-order valence-electron chi connectivity index (χ0n) is 16.4. The Bertz CT molecular complexity index is 1170. The van der Waals surface area contributed by atoms with Crippen molar-refractivity contribution in [3.63, 3.8) is 0 Å². The van der Waals surface area contributed by atoms with Crippen molar-refractivity contribution in [2.75, 3.05) is 11.9 Å². The number of hydrogen-bond acceptors (Lipinski definition) is 3. The van der Waals surface area contributed by atoms with Crippen molar-refractivity contribution in [2.45, 2.75) is 26.8 Å². The van der Waals surface area contributed by atoms with E-state index in [4.69, 9.17) is 4.98 Å². The highest BCUT2D eigenvalue weighted by Gasteiger charge is 2.26. The highest BCUT2D eigenvalue weighted by atomic mass is 16.2. The summed E-state index contributed by atoms with van der Waals surface area (Å²) in [6.45, 7) is 5.32. The Kier molecular flexibility index (Phi) is 4.08. The lowest BCUT2D eigenvalue weighted by Gasteiger charge is -2.27. The van der Waals surface area contributed by atoms with E-state index in [9.17, 15) is 4.79 Å². The lowest BCUT2D eigenvalue weighted by molar-refractivity contribution is 0.205. The summed E-state index contributed by atoms with van der Waals surface area (Å²) < 4.78 is 0. The fourth-order valence-corrected chi connectivity index (χ4v) is 3.79. The molecule has 7 heteroatoms. The van der Waals surface area contributed by atoms with Gasteiger partial charge in [0.25, 0.3) is 0 Å². The number of amides is 2. The van der Waals surface area contributed by atoms with Crippen LogP contribution in [0.2, 0.25) is 0 Å². The third-order valence-corrected chi connectivity index (χ3v) is 5.57. The van der Waals surface area contributed by atoms with E-state index in [1.807, 2.05) is 30.3 Å². The molecular formula is C22H22N6O. The first-order valence-corrected chi connectivity index (χ1v) is 9.73. The van der Waals surface area contributed by atoms with Gasteiger partial charge in [0.2, 0.25) is 0 Å². The van der Waals surface area contributed by atoms with Crippen LogP contribution in [0.1, 0.15) is 22.4 Å². The smallest absolute Gasteiger partial charge is 0.322 e. The number of rotatable bonds is 2. The largest absolute Gasteiger partial charge is 0.337 e. The van der Waals surface area contributed by atoms with E-state index in [2.05, 4.69) is 46.5 Å². The molecule has 4 aromatic rings. The van der Waals surface area contributed by atoms with Gasteiger partial charge in [-0.1, -0.05) is 18.2 Å². The molecule has 3 heterocycles. The Hall–Kier alpha value is -3.61. The first-order chi connectivity index (χ1) is 14.1. The monoisotopic (exact) mass is 386 g/mol. The van der Waals surface area contributed by atoms with Crippen LogP contribution in [0.4, 0.5) is 10.5 Å². The quantitative estimate of drug-likeness (QED) is 0.483. The van der Waals surface area contributed by atoms with Gasteiger partial charge in [-0.15, -0.1) is 0 Å². The summed E-state index contributed by atoms with van der Waals surface area (Å²) in [4.78, 5) is 22.5. The number of nitrogens with zero attached hydrogens (tertiary/aromatic N) is 3. The Balaban J connectivity index is 1.39. The Morgan fingerprint density at radius 3 is 2.76 bits per heavy atom. The third-order valence-electron chi connectivity index (χ3n) is 5.57. The lowest BCUT2D eigenvalue weighted by Crippen LogP contribution is -2.38. The normalized spacial score (nSPS) is 13.5. The number of benzene rings is 2. The molecule has 3 N–H and O–H groups in total. The Morgan fingerprint density at radius 2 is 1.93 bits per heavy atom. The van der Waals surface area contributed by atoms with Gasteiger partial charge in [0.05, 0.1) is 23.3 Å². The summed E-state index contributed by atoms with van der Waals surface area (Å²) in [6.07, 6.45) is 0.735. The molecule has 7 nitrogen and oxygen atoms in total. The number of aromatic amines is 2. The van der Waals surface area contributed by atoms with Gasteiger partial charge >= 0.3 is 6.03 Å². The number of fused-ring (bicyclic) bond motifs is 2. The summed E-state index contributed by atoms with van der Waals surface area (Å²) in [6, 6.07) is 13.6. The van der Waals surface area contributed by atoms with Crippen LogP contribution in [-0.2, 0) is 13.0 Å². The average molecular weight is 386 g/mol. The summed E-state index contributed by atoms with van der Waals surface area (Å²) in [7, 11) is 0. The van der Waals surface area contributed by atoms with Crippen molar-refractivity contribution >= 4 is 22.8 Å². The van der Waals surface area contributed by atoms with Gasteiger partial charge in [-0.3, -0.25) is 5.10 Å². The van der Waals surface area contributed by atoms with Crippen LogP contribution in [0.25, 0.3) is 22.6 Å². The van der Waals surface area contributed by atoms with Gasteiger partial charge < -0.3 is 15.2 Å². The molecule has 0 saturated heterocycles. The van der Waals surface area contributed by atoms with Gasteiger partial charge in [-0.05, 0) is 55.7 Å². The first-order valence-electron chi connectivity index (χ1n) is 9.73. The molecule has 0 radical (unpaired) electrons. The number of anilines is 1. The summed E-state index contributed by atoms with van der Waals surface area (Å²) in [5.41, 5.74) is 8.13. The minimum absolute atomic E-state index is 0.104. The molecule has 29 heavy (non-hydrogen) atoms. The molecule has 0 unspecified atom stereocenters. The zero-order valence-corrected chi connectivity index (χ0v) is 16.4. The van der Waals surface area contributed by atoms with Gasteiger partial charge in [-0.2, -0.15) is 5.10 Å². The number of urea groups is 1. The van der Waals surface area contributed by atoms with E-state index in [-0.39, 0.29) is 6.03 Å². The molecule has 0 saturated carbocycles. The second-order valence-electron chi connectivity index (χ2n) is 7.54. The van der Waals surface area contributed by atoms with E-state index in [1.54, 1.807) is 4.90 Å². The number of carbonyl (C=O) groups excluding carboxylic acids is 1. The molecule has 2 amide bonds. The van der Waals surface area contributed by atoms with E-state index < -0.39 is 0 Å². The van der Waals surface area contributed by atoms with E-state index in [0.717, 1.165) is 45.9 Å². The van der Waals surface area contributed by atoms with Crippen molar-refractivity contribution in [3.8, 4) is 11.5 Å². The molecule has 2 aromatic heterocycles. The SMILES string of the molecule is Cc1cc2nc(-c3n[nH]c4c3CCN(C(=O)Nc3ccccc3)C4)[nH]c2cc1C. The highest BCUT2D eigenvalue weighted by Crippen LogP contribution is 2.29. The molecule has 0 spiro atoms. The number of para-hydroxylation sites is 1. The van der Waals surface area contributed by atoms with Crippen LogP contribution < -0.4 is 5.32 Å². The van der Waals surface area contributed by atoms with E-state index >= 15 is 0 Å². The number of aryl methyl sites for hydroxylation is 2. The molecule has 146 valence electrons. The highest BCUT2D eigenvalue weighted by molar-refractivity contribution is 5.89. The molecule has 0 bridgehead atoms. The number of hydrogen-bond donors (Lipinski definition) is 3. The van der Waals surface area contributed by atoms with Gasteiger partial charge in [0, 0.05) is 17.8 Å². The fraction of sp³-hybridized carbons (Fsp3) is 0.227. The van der Waals surface area contributed by atoms with Gasteiger partial charge in [0.1, 0.15) is 5.69 Å². The second-order valence-corrected chi connectivity index (χ2v) is 7.54. The number of aromatic nitrogens is 4. The van der Waals surface area contributed by atoms with Crippen LogP contribution in [0, 0.1) is 13.8 Å². The average Bonchev–Trinajstić information content (AvgIpc) is 3.32. The molecule has 0 fully saturated rings. The van der Waals surface area contributed by atoms with E-state index in [1.165, 1.54) is 11.1 Å². The number of carbonyl (C=O) groups is 1. The Labute approximate surface area is 168 Å². The standard InChI is InChI=1S/C22H22N6O/c1-13-10-17-18(11-14(13)2)25-21(24-17)20-16-8-9-28(12-19(16)26-27-20)22(29)23-15-6-4-3-5-7-15/h3-7,10-11H,8-9,12H2,1-2H3,(H,23,29)(H,24,25)(H,26,27). The maximum Gasteiger partial charge on any atom is 0.322 e. The molecular weight excluding hydrogens is 364 g/mol. The minimum Gasteiger partial charge on any atom is -0.337 e. The zero-order chi connectivity index (χ0) is 20.0. The summed E-state index contributed by atoms with van der Waals surface area (Å²) in [5, 5.41) is 10.6. The predicted molar refractivity (Wildman–Crippen MR) is 113 cm³/mol. The minimum atomic E-state index is -0.104. The maximum atomic E-state index is 12.6. The second kappa shape index (κ2) is 6.77. The van der Waals surface area contributed by atoms with E-state index in [0.29, 0.717) is 13.1 Å². The van der Waals surface area contributed by atoms with Crippen molar-refractivity contribution < 1.29 is 4.79 Å². The van der Waals surface area contributed by atoms with Crippen molar-refractivity contribution in [1.29, 1.82) is 0 Å². The Morgan fingerprint density at radius 1 is 1.14 bits per heavy atom. The third kappa shape index (κ3) is 3.14. The lowest BCUT2D eigenvalue weighted by atomic mass is 10.0. The van der Waals surface area contributed by atoms with Crippen molar-refractivity contribution in [3.05, 3.63) is 64.8 Å². The first kappa shape index (κ1) is 17.5. The number of nitrogens with one attached hydrogen (secondary N) is 3. The fourth-order valence-electron chi connectivity index (χ4n) is 3.79. The summed E-state index contributed by atoms with van der Waals surface area (Å²) >= 11 is 0. The topological polar surface area (TPSA) is 89.7 Å². The van der Waals surface area contributed by atoms with Crippen LogP contribution >= 0.6 is 0 Å². The molecule has 0 atom stereocenters. The number of imidazole rings is 1. The van der Waals surface area contributed by atoms with Crippen LogP contribution in [0.15, 0.2) is 42.5 Å². The van der Waals surface area contributed by atoms with Crippen LogP contribution in [-0.4, -0.2) is 37.6 Å². The van der Waals surface area contributed by atoms with Gasteiger partial charge in [-0.25, -0.2) is 9.78 Å². The molecule has 0 aliphatic carbocycles. The summed E-state index contributed by atoms with van der Waals surface area (Å²) in [5.74, 6) is 0.768. The molecule has 1 aliphatic heterocycles. The predicted octanol–water partition coefficient (Wildman–Crippen LogP) is 4.16. The van der Waals surface area contributed by atoms with Crippen molar-refractivity contribution in [1.82, 2.24) is 25.1 Å². The van der Waals surface area contributed by atoms with Crippen molar-refractivity contribution in [2.24, 2.45) is 0 Å². The maximum absolute atomic E-state index is 12.6. The number of H-pyrrole nitrogens is 2. The molecule has 2 aromatic carbocycles. The molecule has 1 aliphatic rings. The van der Waals surface area contributed by atoms with Gasteiger partial charge in [0.15, 0.2) is 5.82 Å². The van der Waals surface area contributed by atoms with Crippen LogP contribution in [0.3, 0.4) is 0 Å². The molecule has 5 rings (SSSR count). The van der Waals surface area contributed by atoms with Crippen LogP contribution in [0.5, 0.6) is 0 Å².